The average molecular weight is 271 g/mol. The third-order valence-electron chi connectivity index (χ3n) is 3.27. The number of carbonyl (C=O) groups excluding carboxylic acids is 1. The van der Waals surface area contributed by atoms with Gasteiger partial charge in [-0.15, -0.1) is 5.10 Å². The van der Waals surface area contributed by atoms with Crippen LogP contribution >= 0.6 is 0 Å². The topological polar surface area (TPSA) is 100 Å². The monoisotopic (exact) mass is 271 g/mol. The number of carbonyl (C=O) groups is 2. The summed E-state index contributed by atoms with van der Waals surface area (Å²) in [5.74, 6) is -1.81. The van der Waals surface area contributed by atoms with Gasteiger partial charge in [-0.1, -0.05) is 18.2 Å². The first-order valence-corrected chi connectivity index (χ1v) is 5.73. The van der Waals surface area contributed by atoms with Crippen molar-refractivity contribution in [2.24, 2.45) is 5.10 Å². The molecular weight excluding hydrogens is 262 g/mol. The van der Waals surface area contributed by atoms with Gasteiger partial charge >= 0.3 is 12.0 Å². The Morgan fingerprint density at radius 1 is 1.45 bits per heavy atom. The number of amidine groups is 1. The number of fused-ring (bicyclic) bond motifs is 3. The van der Waals surface area contributed by atoms with Crippen LogP contribution in [0.3, 0.4) is 0 Å². The largest absolute Gasteiger partial charge is 0.475 e. The molecule has 0 aliphatic carbocycles. The summed E-state index contributed by atoms with van der Waals surface area (Å²) in [5.41, 5.74) is 1.27. The Hall–Kier alpha value is -3.08. The number of amides is 2. The number of para-hydroxylation sites is 1. The molecule has 8 heteroatoms. The summed E-state index contributed by atoms with van der Waals surface area (Å²) in [6.07, 6.45) is 0.938. The highest BCUT2D eigenvalue weighted by atomic mass is 16.4. The summed E-state index contributed by atoms with van der Waals surface area (Å²) in [5, 5.41) is 23.0. The molecule has 20 heavy (non-hydrogen) atoms. The number of aliphatic carboxylic acids is 1. The summed E-state index contributed by atoms with van der Waals surface area (Å²) in [6, 6.07) is 6.52. The summed E-state index contributed by atoms with van der Waals surface area (Å²) in [7, 11) is 1.57. The molecular formula is C12H9N5O3. The molecule has 2 aliphatic rings. The second-order valence-corrected chi connectivity index (χ2v) is 4.32. The van der Waals surface area contributed by atoms with E-state index in [2.05, 4.69) is 5.10 Å². The number of nitrogens with zero attached hydrogens (tertiary/aromatic N) is 5. The predicted molar refractivity (Wildman–Crippen MR) is 67.3 cm³/mol. The molecule has 0 saturated carbocycles. The minimum absolute atomic E-state index is 0.462. The van der Waals surface area contributed by atoms with E-state index in [1.165, 1.54) is 4.90 Å². The fourth-order valence-corrected chi connectivity index (χ4v) is 2.36. The zero-order valence-corrected chi connectivity index (χ0v) is 10.4. The van der Waals surface area contributed by atoms with Crippen molar-refractivity contribution in [2.45, 2.75) is 6.17 Å². The Morgan fingerprint density at radius 2 is 2.15 bits per heavy atom. The molecule has 0 fully saturated rings. The lowest BCUT2D eigenvalue weighted by Gasteiger charge is -2.36. The number of carboxylic acids is 1. The van der Waals surface area contributed by atoms with E-state index < -0.39 is 24.0 Å². The van der Waals surface area contributed by atoms with E-state index in [4.69, 9.17) is 5.11 Å². The van der Waals surface area contributed by atoms with Crippen LogP contribution in [0.2, 0.25) is 0 Å². The molecule has 1 aromatic rings. The Labute approximate surface area is 113 Å². The van der Waals surface area contributed by atoms with Crippen LogP contribution in [0.25, 0.3) is 0 Å². The highest BCUT2D eigenvalue weighted by Crippen LogP contribution is 2.40. The highest BCUT2D eigenvalue weighted by Gasteiger charge is 2.47. The first-order valence-electron chi connectivity index (χ1n) is 5.73. The van der Waals surface area contributed by atoms with Gasteiger partial charge in [0.05, 0.1) is 5.69 Å². The third kappa shape index (κ3) is 1.37. The lowest BCUT2D eigenvalue weighted by atomic mass is 10.1. The molecule has 1 N–H and O–H groups in total. The second-order valence-electron chi connectivity index (χ2n) is 4.32. The molecule has 1 aromatic carbocycles. The molecule has 2 amide bonds. The van der Waals surface area contributed by atoms with Gasteiger partial charge in [0.25, 0.3) is 0 Å². The maximum atomic E-state index is 12.2. The molecule has 0 spiro atoms. The molecule has 0 bridgehead atoms. The van der Waals surface area contributed by atoms with Gasteiger partial charge in [0.2, 0.25) is 5.84 Å². The van der Waals surface area contributed by atoms with Crippen molar-refractivity contribution in [2.75, 3.05) is 11.9 Å². The lowest BCUT2D eigenvalue weighted by molar-refractivity contribution is -0.130. The van der Waals surface area contributed by atoms with E-state index in [0.29, 0.717) is 11.3 Å². The Kier molecular flexibility index (Phi) is 2.37. The normalized spacial score (nSPS) is 20.2. The maximum absolute atomic E-state index is 12.2. The fourth-order valence-electron chi connectivity index (χ4n) is 2.36. The van der Waals surface area contributed by atoms with E-state index >= 15 is 0 Å². The molecule has 3 rings (SSSR count). The predicted octanol–water partition coefficient (Wildman–Crippen LogP) is 0.752. The zero-order chi connectivity index (χ0) is 14.4. The average Bonchev–Trinajstić information content (AvgIpc) is 2.84. The van der Waals surface area contributed by atoms with Gasteiger partial charge in [0.15, 0.2) is 12.4 Å². The SMILES string of the molecule is CN1C(=O)N2N=C(C(=O)O)N(C#N)C2c2ccccc21. The second kappa shape index (κ2) is 3.96. The molecule has 2 heterocycles. The van der Waals surface area contributed by atoms with Crippen LogP contribution in [0.15, 0.2) is 29.4 Å². The van der Waals surface area contributed by atoms with Gasteiger partial charge in [-0.25, -0.2) is 14.5 Å². The summed E-state index contributed by atoms with van der Waals surface area (Å²) in [4.78, 5) is 25.6. The number of nitriles is 1. The van der Waals surface area contributed by atoms with Gasteiger partial charge < -0.3 is 5.11 Å². The number of hydrogen-bond acceptors (Lipinski definition) is 5. The van der Waals surface area contributed by atoms with Crippen molar-refractivity contribution < 1.29 is 14.7 Å². The van der Waals surface area contributed by atoms with Gasteiger partial charge in [-0.3, -0.25) is 4.90 Å². The summed E-state index contributed by atoms with van der Waals surface area (Å²) >= 11 is 0. The quantitative estimate of drug-likeness (QED) is 0.760. The van der Waals surface area contributed by atoms with Crippen LogP contribution < -0.4 is 4.90 Å². The highest BCUT2D eigenvalue weighted by molar-refractivity contribution is 6.35. The summed E-state index contributed by atoms with van der Waals surface area (Å²) in [6.45, 7) is 0. The van der Waals surface area contributed by atoms with Crippen molar-refractivity contribution >= 4 is 23.5 Å². The Morgan fingerprint density at radius 3 is 2.80 bits per heavy atom. The smallest absolute Gasteiger partial charge is 0.374 e. The Bertz CT molecular complexity index is 693. The van der Waals surface area contributed by atoms with Crippen molar-refractivity contribution in [1.82, 2.24) is 9.91 Å². The van der Waals surface area contributed by atoms with Crippen LogP contribution in [-0.4, -0.2) is 39.9 Å². The third-order valence-corrected chi connectivity index (χ3v) is 3.27. The minimum atomic E-state index is -1.35. The summed E-state index contributed by atoms with van der Waals surface area (Å²) < 4.78 is 0. The van der Waals surface area contributed by atoms with E-state index in [1.54, 1.807) is 37.5 Å². The van der Waals surface area contributed by atoms with Crippen LogP contribution in [-0.2, 0) is 4.79 Å². The molecule has 1 atom stereocenters. The van der Waals surface area contributed by atoms with E-state index in [-0.39, 0.29) is 0 Å². The molecule has 0 aromatic heterocycles. The first kappa shape index (κ1) is 12.0. The standard InChI is InChI=1S/C12H9N5O3/c1-15-8-5-3-2-4-7(8)10-16(6-13)9(11(18)19)14-17(10)12(15)20/h2-5,10H,1H3,(H,18,19). The number of carboxylic acid groups (broad SMARTS) is 1. The van der Waals surface area contributed by atoms with Crippen LogP contribution in [0.5, 0.6) is 0 Å². The van der Waals surface area contributed by atoms with Crippen molar-refractivity contribution in [3.8, 4) is 6.19 Å². The first-order chi connectivity index (χ1) is 9.56. The zero-order valence-electron chi connectivity index (χ0n) is 10.4. The van der Waals surface area contributed by atoms with Crippen molar-refractivity contribution in [3.63, 3.8) is 0 Å². The van der Waals surface area contributed by atoms with E-state index in [1.807, 2.05) is 0 Å². The number of hydrogen-bond donors (Lipinski definition) is 1. The van der Waals surface area contributed by atoms with Crippen LogP contribution in [0, 0.1) is 11.5 Å². The van der Waals surface area contributed by atoms with Crippen LogP contribution in [0.1, 0.15) is 11.7 Å². The number of rotatable bonds is 1. The van der Waals surface area contributed by atoms with Crippen LogP contribution in [0.4, 0.5) is 10.5 Å². The molecule has 0 radical (unpaired) electrons. The molecule has 100 valence electrons. The molecule has 0 saturated heterocycles. The number of anilines is 1. The fraction of sp³-hybridized carbons (Fsp3) is 0.167. The van der Waals surface area contributed by atoms with Crippen molar-refractivity contribution in [3.05, 3.63) is 29.8 Å². The number of benzene rings is 1. The van der Waals surface area contributed by atoms with E-state index in [0.717, 1.165) is 9.91 Å². The van der Waals surface area contributed by atoms with Gasteiger partial charge in [0, 0.05) is 12.6 Å². The number of hydrazone groups is 1. The molecule has 2 aliphatic heterocycles. The Balaban J connectivity index is 2.20. The van der Waals surface area contributed by atoms with Crippen molar-refractivity contribution in [1.29, 1.82) is 5.26 Å². The van der Waals surface area contributed by atoms with E-state index in [9.17, 15) is 14.9 Å². The molecule has 1 unspecified atom stereocenters. The maximum Gasteiger partial charge on any atom is 0.374 e. The van der Waals surface area contributed by atoms with Gasteiger partial charge in [-0.2, -0.15) is 10.3 Å². The van der Waals surface area contributed by atoms with Gasteiger partial charge in [0.1, 0.15) is 0 Å². The minimum Gasteiger partial charge on any atom is -0.475 e. The number of urea groups is 1. The lowest BCUT2D eigenvalue weighted by Crippen LogP contribution is -2.46. The molecule has 8 nitrogen and oxygen atoms in total. The van der Waals surface area contributed by atoms with Gasteiger partial charge in [-0.05, 0) is 6.07 Å².